The largest absolute Gasteiger partial charge is 0.373 e. The van der Waals surface area contributed by atoms with Crippen LogP contribution >= 0.6 is 15.9 Å². The van der Waals surface area contributed by atoms with Crippen LogP contribution in [0.3, 0.4) is 0 Å². The highest BCUT2D eigenvalue weighted by molar-refractivity contribution is 9.10. The number of halogens is 2. The average Bonchev–Trinajstić information content (AvgIpc) is 2.40. The van der Waals surface area contributed by atoms with Crippen molar-refractivity contribution in [3.63, 3.8) is 0 Å². The molecule has 1 heterocycles. The summed E-state index contributed by atoms with van der Waals surface area (Å²) in [5.41, 5.74) is 0.199. The van der Waals surface area contributed by atoms with Gasteiger partial charge in [0.2, 0.25) is 5.91 Å². The van der Waals surface area contributed by atoms with E-state index in [-0.39, 0.29) is 29.8 Å². The summed E-state index contributed by atoms with van der Waals surface area (Å²) in [6, 6.07) is 4.25. The number of carbonyl (C=O) groups is 1. The van der Waals surface area contributed by atoms with Gasteiger partial charge in [0.1, 0.15) is 5.82 Å². The molecule has 0 radical (unpaired) electrons. The quantitative estimate of drug-likeness (QED) is 0.902. The standard InChI is InChI=1S/C15H20BrFN2O2/c1-9-7-19(8-10(2)21-9)11(3)15(20)18-14-5-4-12(16)6-13(14)17/h4-6,9-11H,7-8H2,1-3H3,(H,18,20)/t9-,10+,11-/m0/s1. The monoisotopic (exact) mass is 358 g/mol. The molecule has 1 aromatic carbocycles. The molecule has 2 rings (SSSR count). The zero-order valence-corrected chi connectivity index (χ0v) is 14.0. The van der Waals surface area contributed by atoms with Crippen LogP contribution in [0.25, 0.3) is 0 Å². The Balaban J connectivity index is 2.02. The molecule has 0 aromatic heterocycles. The lowest BCUT2D eigenvalue weighted by molar-refractivity contribution is -0.126. The molecule has 1 saturated heterocycles. The van der Waals surface area contributed by atoms with Crippen molar-refractivity contribution in [2.75, 3.05) is 18.4 Å². The smallest absolute Gasteiger partial charge is 0.241 e. The minimum Gasteiger partial charge on any atom is -0.373 e. The molecule has 116 valence electrons. The molecule has 3 atom stereocenters. The lowest BCUT2D eigenvalue weighted by Gasteiger charge is -2.38. The summed E-state index contributed by atoms with van der Waals surface area (Å²) in [6.07, 6.45) is 0.182. The molecule has 0 aliphatic carbocycles. The Morgan fingerprint density at radius 2 is 2.05 bits per heavy atom. The molecule has 1 amide bonds. The van der Waals surface area contributed by atoms with Gasteiger partial charge in [-0.05, 0) is 39.0 Å². The summed E-state index contributed by atoms with van der Waals surface area (Å²) in [7, 11) is 0. The number of nitrogens with zero attached hydrogens (tertiary/aromatic N) is 1. The lowest BCUT2D eigenvalue weighted by atomic mass is 10.1. The number of carbonyl (C=O) groups excluding carboxylic acids is 1. The second-order valence-corrected chi connectivity index (χ2v) is 6.42. The average molecular weight is 359 g/mol. The minimum atomic E-state index is -0.450. The Hall–Kier alpha value is -0.980. The molecular formula is C15H20BrFN2O2. The molecule has 6 heteroatoms. The number of hydrogen-bond donors (Lipinski definition) is 1. The number of amides is 1. The first-order valence-electron chi connectivity index (χ1n) is 7.02. The lowest BCUT2D eigenvalue weighted by Crippen LogP contribution is -2.52. The van der Waals surface area contributed by atoms with E-state index >= 15 is 0 Å². The molecule has 0 unspecified atom stereocenters. The second kappa shape index (κ2) is 6.85. The molecule has 0 bridgehead atoms. The molecular weight excluding hydrogens is 339 g/mol. The normalized spacial score (nSPS) is 24.6. The predicted octanol–water partition coefficient (Wildman–Crippen LogP) is 3.02. The molecule has 1 aliphatic rings. The maximum Gasteiger partial charge on any atom is 0.241 e. The summed E-state index contributed by atoms with van der Waals surface area (Å²) in [5.74, 6) is -0.661. The van der Waals surface area contributed by atoms with Crippen LogP contribution in [0.15, 0.2) is 22.7 Å². The third-order valence-corrected chi connectivity index (χ3v) is 4.06. The van der Waals surface area contributed by atoms with E-state index in [1.807, 2.05) is 20.8 Å². The van der Waals surface area contributed by atoms with Crippen molar-refractivity contribution in [1.29, 1.82) is 0 Å². The zero-order valence-electron chi connectivity index (χ0n) is 12.4. The molecule has 1 aliphatic heterocycles. The number of morpholine rings is 1. The summed E-state index contributed by atoms with van der Waals surface area (Å²) < 4.78 is 20.1. The van der Waals surface area contributed by atoms with Crippen LogP contribution in [-0.4, -0.2) is 42.1 Å². The van der Waals surface area contributed by atoms with Gasteiger partial charge in [-0.1, -0.05) is 15.9 Å². The third kappa shape index (κ3) is 4.25. The van der Waals surface area contributed by atoms with E-state index in [0.717, 1.165) is 0 Å². The Morgan fingerprint density at radius 1 is 1.43 bits per heavy atom. The molecule has 1 fully saturated rings. The van der Waals surface area contributed by atoms with Gasteiger partial charge in [0.05, 0.1) is 23.9 Å². The van der Waals surface area contributed by atoms with E-state index < -0.39 is 5.82 Å². The fraction of sp³-hybridized carbons (Fsp3) is 0.533. The van der Waals surface area contributed by atoms with Gasteiger partial charge in [0.15, 0.2) is 0 Å². The van der Waals surface area contributed by atoms with Gasteiger partial charge in [-0.15, -0.1) is 0 Å². The van der Waals surface area contributed by atoms with E-state index in [1.165, 1.54) is 6.07 Å². The van der Waals surface area contributed by atoms with Crippen LogP contribution < -0.4 is 5.32 Å². The van der Waals surface area contributed by atoms with Crippen molar-refractivity contribution in [2.45, 2.75) is 39.0 Å². The highest BCUT2D eigenvalue weighted by Gasteiger charge is 2.29. The van der Waals surface area contributed by atoms with Crippen LogP contribution in [0.1, 0.15) is 20.8 Å². The van der Waals surface area contributed by atoms with Crippen molar-refractivity contribution in [3.05, 3.63) is 28.5 Å². The van der Waals surface area contributed by atoms with Gasteiger partial charge in [0, 0.05) is 17.6 Å². The first kappa shape index (κ1) is 16.4. The third-order valence-electron chi connectivity index (χ3n) is 3.56. The maximum absolute atomic E-state index is 13.8. The number of hydrogen-bond acceptors (Lipinski definition) is 3. The van der Waals surface area contributed by atoms with Crippen molar-refractivity contribution >= 4 is 27.5 Å². The van der Waals surface area contributed by atoms with Crippen LogP contribution in [0, 0.1) is 5.82 Å². The highest BCUT2D eigenvalue weighted by atomic mass is 79.9. The second-order valence-electron chi connectivity index (χ2n) is 5.50. The van der Waals surface area contributed by atoms with Crippen LogP contribution in [0.5, 0.6) is 0 Å². The minimum absolute atomic E-state index is 0.0911. The van der Waals surface area contributed by atoms with E-state index in [2.05, 4.69) is 26.1 Å². The fourth-order valence-electron chi connectivity index (χ4n) is 2.53. The summed E-state index contributed by atoms with van der Waals surface area (Å²) in [6.45, 7) is 7.20. The highest BCUT2D eigenvalue weighted by Crippen LogP contribution is 2.20. The van der Waals surface area contributed by atoms with E-state index in [0.29, 0.717) is 17.6 Å². The van der Waals surface area contributed by atoms with Crippen LogP contribution in [0.4, 0.5) is 10.1 Å². The van der Waals surface area contributed by atoms with Crippen molar-refractivity contribution in [2.24, 2.45) is 0 Å². The molecule has 1 N–H and O–H groups in total. The van der Waals surface area contributed by atoms with Gasteiger partial charge >= 0.3 is 0 Å². The predicted molar refractivity (Wildman–Crippen MR) is 83.8 cm³/mol. The SMILES string of the molecule is C[C@@H]1CN([C@@H](C)C(=O)Nc2ccc(Br)cc2F)C[C@H](C)O1. The van der Waals surface area contributed by atoms with Crippen LogP contribution in [-0.2, 0) is 9.53 Å². The van der Waals surface area contributed by atoms with E-state index in [9.17, 15) is 9.18 Å². The summed E-state index contributed by atoms with van der Waals surface area (Å²) >= 11 is 3.19. The summed E-state index contributed by atoms with van der Waals surface area (Å²) in [5, 5.41) is 2.65. The Kier molecular flexibility index (Phi) is 5.35. The van der Waals surface area contributed by atoms with Gasteiger partial charge in [-0.3, -0.25) is 9.69 Å². The Bertz CT molecular complexity index is 516. The van der Waals surface area contributed by atoms with Crippen molar-refractivity contribution in [1.82, 2.24) is 4.90 Å². The molecule has 21 heavy (non-hydrogen) atoms. The first-order valence-corrected chi connectivity index (χ1v) is 7.81. The van der Waals surface area contributed by atoms with Gasteiger partial charge in [-0.25, -0.2) is 4.39 Å². The number of ether oxygens (including phenoxy) is 1. The molecule has 1 aromatic rings. The van der Waals surface area contributed by atoms with Crippen molar-refractivity contribution < 1.29 is 13.9 Å². The van der Waals surface area contributed by atoms with Crippen molar-refractivity contribution in [3.8, 4) is 0 Å². The van der Waals surface area contributed by atoms with Crippen LogP contribution in [0.2, 0.25) is 0 Å². The van der Waals surface area contributed by atoms with Gasteiger partial charge in [-0.2, -0.15) is 0 Å². The van der Waals surface area contributed by atoms with E-state index in [4.69, 9.17) is 4.74 Å². The molecule has 0 saturated carbocycles. The number of benzene rings is 1. The molecule has 4 nitrogen and oxygen atoms in total. The topological polar surface area (TPSA) is 41.6 Å². The zero-order chi connectivity index (χ0) is 15.6. The number of nitrogens with one attached hydrogen (secondary N) is 1. The number of rotatable bonds is 3. The van der Waals surface area contributed by atoms with E-state index in [1.54, 1.807) is 12.1 Å². The van der Waals surface area contributed by atoms with Gasteiger partial charge in [0.25, 0.3) is 0 Å². The van der Waals surface area contributed by atoms with Gasteiger partial charge < -0.3 is 10.1 Å². The molecule has 0 spiro atoms. The summed E-state index contributed by atoms with van der Waals surface area (Å²) in [4.78, 5) is 14.4. The Labute approximate surface area is 132 Å². The number of anilines is 1. The maximum atomic E-state index is 13.8. The first-order chi connectivity index (χ1) is 9.86. The Morgan fingerprint density at radius 3 is 2.62 bits per heavy atom. The fourth-order valence-corrected chi connectivity index (χ4v) is 2.86.